The fraction of sp³-hybridized carbons (Fsp3) is 0.100. The van der Waals surface area contributed by atoms with Crippen LogP contribution in [0.2, 0.25) is 0 Å². The molecule has 0 saturated heterocycles. The number of nitrogens with zero attached hydrogens (tertiary/aromatic N) is 3. The van der Waals surface area contributed by atoms with Gasteiger partial charge in [-0.05, 0) is 12.1 Å². The molecule has 16 heavy (non-hydrogen) atoms. The summed E-state index contributed by atoms with van der Waals surface area (Å²) in [4.78, 5) is 4.17. The number of pyridine rings is 1. The molecule has 1 aromatic heterocycles. The highest BCUT2D eigenvalue weighted by molar-refractivity contribution is 7.72. The van der Waals surface area contributed by atoms with Gasteiger partial charge < -0.3 is 0 Å². The quantitative estimate of drug-likeness (QED) is 0.652. The van der Waals surface area contributed by atoms with Crippen LogP contribution in [-0.2, 0) is 10.7 Å². The first-order valence-corrected chi connectivity index (χ1v) is 5.96. The first-order valence-electron chi connectivity index (χ1n) is 4.60. The number of para-hydroxylation sites is 1. The highest BCUT2D eigenvalue weighted by Gasteiger charge is 1.95. The van der Waals surface area contributed by atoms with Crippen molar-refractivity contribution >= 4 is 27.3 Å². The van der Waals surface area contributed by atoms with Crippen LogP contribution < -0.4 is 0 Å². The molecule has 0 spiro atoms. The van der Waals surface area contributed by atoms with Crippen LogP contribution in [0.25, 0.3) is 10.9 Å². The van der Waals surface area contributed by atoms with Crippen molar-refractivity contribution in [3.05, 3.63) is 36.5 Å². The lowest BCUT2D eigenvalue weighted by Gasteiger charge is -1.96. The maximum atomic E-state index is 10.3. The molecule has 2 rings (SSSR count). The molecule has 0 atom stereocenters. The SMILES string of the molecule is O=[SH](=O)CN=Nc1cnc2ccccc2c1. The zero-order chi connectivity index (χ0) is 11.4. The van der Waals surface area contributed by atoms with Crippen LogP contribution >= 0.6 is 0 Å². The lowest BCUT2D eigenvalue weighted by molar-refractivity contribution is 0.614. The number of aromatic nitrogens is 1. The highest BCUT2D eigenvalue weighted by atomic mass is 32.2. The average molecular weight is 235 g/mol. The largest absolute Gasteiger partial charge is 0.254 e. The Kier molecular flexibility index (Phi) is 3.21. The fourth-order valence-electron chi connectivity index (χ4n) is 1.28. The number of thiol groups is 1. The first kappa shape index (κ1) is 10.7. The van der Waals surface area contributed by atoms with Gasteiger partial charge in [0.2, 0.25) is 0 Å². The Labute approximate surface area is 93.8 Å². The predicted molar refractivity (Wildman–Crippen MR) is 61.4 cm³/mol. The minimum absolute atomic E-state index is 0.290. The van der Waals surface area contributed by atoms with Gasteiger partial charge in [-0.3, -0.25) is 4.98 Å². The number of benzene rings is 1. The Morgan fingerprint density at radius 1 is 1.25 bits per heavy atom. The number of azo groups is 1. The van der Waals surface area contributed by atoms with Crippen molar-refractivity contribution < 1.29 is 8.42 Å². The van der Waals surface area contributed by atoms with Gasteiger partial charge in [0.05, 0.1) is 11.7 Å². The van der Waals surface area contributed by atoms with Gasteiger partial charge in [-0.1, -0.05) is 18.2 Å². The smallest absolute Gasteiger partial charge is 0.162 e. The summed E-state index contributed by atoms with van der Waals surface area (Å²) in [6.45, 7) is 0. The van der Waals surface area contributed by atoms with E-state index in [1.165, 1.54) is 0 Å². The van der Waals surface area contributed by atoms with E-state index < -0.39 is 10.7 Å². The van der Waals surface area contributed by atoms with Crippen molar-refractivity contribution in [2.45, 2.75) is 0 Å². The van der Waals surface area contributed by atoms with E-state index in [1.807, 2.05) is 30.3 Å². The minimum Gasteiger partial charge on any atom is -0.254 e. The van der Waals surface area contributed by atoms with Crippen molar-refractivity contribution in [1.82, 2.24) is 4.98 Å². The molecule has 0 radical (unpaired) electrons. The van der Waals surface area contributed by atoms with Gasteiger partial charge in [-0.25, -0.2) is 8.42 Å². The van der Waals surface area contributed by atoms with Crippen molar-refractivity contribution in [2.75, 3.05) is 5.88 Å². The van der Waals surface area contributed by atoms with Crippen molar-refractivity contribution in [3.8, 4) is 0 Å². The second kappa shape index (κ2) is 4.80. The Morgan fingerprint density at radius 3 is 2.88 bits per heavy atom. The second-order valence-electron chi connectivity index (χ2n) is 3.10. The lowest BCUT2D eigenvalue weighted by Crippen LogP contribution is -1.80. The molecular formula is C10H9N3O2S. The van der Waals surface area contributed by atoms with Crippen LogP contribution in [0.15, 0.2) is 46.8 Å². The summed E-state index contributed by atoms with van der Waals surface area (Å²) in [5, 5.41) is 8.26. The molecule has 0 unspecified atom stereocenters. The predicted octanol–water partition coefficient (Wildman–Crippen LogP) is 1.89. The van der Waals surface area contributed by atoms with E-state index >= 15 is 0 Å². The van der Waals surface area contributed by atoms with E-state index in [1.54, 1.807) is 6.20 Å². The van der Waals surface area contributed by atoms with E-state index in [2.05, 4.69) is 15.2 Å². The highest BCUT2D eigenvalue weighted by Crippen LogP contribution is 2.18. The molecule has 0 aliphatic rings. The molecule has 0 fully saturated rings. The summed E-state index contributed by atoms with van der Waals surface area (Å²) in [6.07, 6.45) is 1.56. The molecule has 0 aliphatic carbocycles. The third kappa shape index (κ3) is 2.60. The topological polar surface area (TPSA) is 71.8 Å². The molecule has 6 heteroatoms. The standard InChI is InChI=1S/C10H9N3O2S/c14-16(15)7-12-13-9-5-8-3-1-2-4-10(8)11-6-9/h1-6,16H,7H2. The summed E-state index contributed by atoms with van der Waals surface area (Å²) in [7, 11) is -2.51. The molecule has 0 amide bonds. The van der Waals surface area contributed by atoms with E-state index in [9.17, 15) is 8.42 Å². The van der Waals surface area contributed by atoms with Crippen molar-refractivity contribution in [1.29, 1.82) is 0 Å². The maximum absolute atomic E-state index is 10.3. The maximum Gasteiger partial charge on any atom is 0.162 e. The van der Waals surface area contributed by atoms with E-state index in [0.717, 1.165) is 10.9 Å². The fourth-order valence-corrected chi connectivity index (χ4v) is 1.45. The number of hydrogen-bond donors (Lipinski definition) is 1. The van der Waals surface area contributed by atoms with Crippen LogP contribution in [0.5, 0.6) is 0 Å². The zero-order valence-corrected chi connectivity index (χ0v) is 9.17. The van der Waals surface area contributed by atoms with E-state index in [0.29, 0.717) is 5.69 Å². The second-order valence-corrected chi connectivity index (χ2v) is 4.05. The third-order valence-electron chi connectivity index (χ3n) is 1.94. The summed E-state index contributed by atoms with van der Waals surface area (Å²) in [5.74, 6) is -0.290. The van der Waals surface area contributed by atoms with Gasteiger partial charge in [0, 0.05) is 5.39 Å². The molecule has 82 valence electrons. The zero-order valence-electron chi connectivity index (χ0n) is 8.28. The van der Waals surface area contributed by atoms with Crippen LogP contribution in [0.1, 0.15) is 0 Å². The monoisotopic (exact) mass is 235 g/mol. The molecule has 5 nitrogen and oxygen atoms in total. The number of rotatable bonds is 3. The summed E-state index contributed by atoms with van der Waals surface area (Å²) in [5.41, 5.74) is 1.42. The molecule has 0 bridgehead atoms. The summed E-state index contributed by atoms with van der Waals surface area (Å²) >= 11 is 0. The normalized spacial score (nSPS) is 11.6. The Balaban J connectivity index is 2.29. The van der Waals surface area contributed by atoms with Gasteiger partial charge >= 0.3 is 0 Å². The average Bonchev–Trinajstić information content (AvgIpc) is 2.28. The van der Waals surface area contributed by atoms with Crippen LogP contribution in [-0.4, -0.2) is 19.3 Å². The van der Waals surface area contributed by atoms with Crippen LogP contribution in [0, 0.1) is 0 Å². The Morgan fingerprint density at radius 2 is 2.06 bits per heavy atom. The van der Waals surface area contributed by atoms with Gasteiger partial charge in [0.25, 0.3) is 0 Å². The van der Waals surface area contributed by atoms with Gasteiger partial charge in [0.1, 0.15) is 5.69 Å². The Hall–Kier alpha value is -1.82. The van der Waals surface area contributed by atoms with Gasteiger partial charge in [-0.15, -0.1) is 0 Å². The van der Waals surface area contributed by atoms with E-state index in [4.69, 9.17) is 0 Å². The third-order valence-corrected chi connectivity index (χ3v) is 2.30. The van der Waals surface area contributed by atoms with Gasteiger partial charge in [0.15, 0.2) is 16.6 Å². The number of fused-ring (bicyclic) bond motifs is 1. The number of hydrogen-bond acceptors (Lipinski definition) is 5. The molecule has 1 aromatic carbocycles. The van der Waals surface area contributed by atoms with Crippen LogP contribution in [0.4, 0.5) is 5.69 Å². The summed E-state index contributed by atoms with van der Waals surface area (Å²) < 4.78 is 20.5. The Bertz CT molecular complexity index is 600. The van der Waals surface area contributed by atoms with Crippen molar-refractivity contribution in [2.24, 2.45) is 10.2 Å². The minimum atomic E-state index is -2.51. The molecule has 1 heterocycles. The van der Waals surface area contributed by atoms with Crippen molar-refractivity contribution in [3.63, 3.8) is 0 Å². The molecule has 2 aromatic rings. The lowest BCUT2D eigenvalue weighted by atomic mass is 10.2. The molecule has 0 aliphatic heterocycles. The van der Waals surface area contributed by atoms with Gasteiger partial charge in [-0.2, -0.15) is 10.2 Å². The molecule has 0 N–H and O–H groups in total. The van der Waals surface area contributed by atoms with E-state index in [-0.39, 0.29) is 5.88 Å². The summed E-state index contributed by atoms with van der Waals surface area (Å²) in [6, 6.07) is 9.42. The molecule has 0 saturated carbocycles. The van der Waals surface area contributed by atoms with Crippen LogP contribution in [0.3, 0.4) is 0 Å². The first-order chi connectivity index (χ1) is 7.75. The molecular weight excluding hydrogens is 226 g/mol.